The number of hydrogen-bond acceptors (Lipinski definition) is 5. The van der Waals surface area contributed by atoms with Crippen LogP contribution in [0.1, 0.15) is 47.5 Å². The molecular weight excluding hydrogens is 416 g/mol. The molecule has 1 saturated heterocycles. The molecule has 0 radical (unpaired) electrons. The molecule has 0 saturated carbocycles. The first-order valence-corrected chi connectivity index (χ1v) is 10.4. The van der Waals surface area contributed by atoms with Gasteiger partial charge in [-0.25, -0.2) is 13.8 Å². The first kappa shape index (κ1) is 20.3. The molecule has 4 aromatic rings. The van der Waals surface area contributed by atoms with E-state index >= 15 is 0 Å². The van der Waals surface area contributed by atoms with Crippen molar-refractivity contribution in [2.75, 3.05) is 6.54 Å². The molecule has 1 aliphatic heterocycles. The topological polar surface area (TPSA) is 77.1 Å². The molecule has 0 spiro atoms. The minimum Gasteiger partial charge on any atom is -0.440 e. The van der Waals surface area contributed by atoms with Crippen LogP contribution in [0, 0.1) is 18.6 Å². The molecule has 3 heterocycles. The van der Waals surface area contributed by atoms with Gasteiger partial charge in [-0.2, -0.15) is 15.0 Å². The monoisotopic (exact) mass is 437 g/mol. The fraction of sp³-hybridized carbons (Fsp3) is 0.304. The number of benzene rings is 2. The van der Waals surface area contributed by atoms with Crippen molar-refractivity contribution < 1.29 is 18.0 Å². The molecule has 164 valence electrons. The summed E-state index contributed by atoms with van der Waals surface area (Å²) >= 11 is 0. The number of amides is 1. The average Bonchev–Trinajstić information content (AvgIpc) is 3.44. The summed E-state index contributed by atoms with van der Waals surface area (Å²) in [5.41, 5.74) is 2.53. The van der Waals surface area contributed by atoms with Crippen LogP contribution in [0.5, 0.6) is 0 Å². The summed E-state index contributed by atoms with van der Waals surface area (Å²) in [7, 11) is 0. The average molecular weight is 437 g/mol. The van der Waals surface area contributed by atoms with E-state index in [2.05, 4.69) is 15.2 Å². The number of fused-ring (bicyclic) bond motifs is 1. The molecule has 0 unspecified atom stereocenters. The van der Waals surface area contributed by atoms with E-state index < -0.39 is 11.6 Å². The predicted molar refractivity (Wildman–Crippen MR) is 112 cm³/mol. The third-order valence-electron chi connectivity index (χ3n) is 5.96. The molecule has 2 atom stereocenters. The van der Waals surface area contributed by atoms with Gasteiger partial charge in [0.05, 0.1) is 29.6 Å². The Morgan fingerprint density at radius 3 is 2.62 bits per heavy atom. The van der Waals surface area contributed by atoms with Gasteiger partial charge in [-0.05, 0) is 38.8 Å². The number of aromatic nitrogens is 4. The summed E-state index contributed by atoms with van der Waals surface area (Å²) in [6, 6.07) is 7.63. The van der Waals surface area contributed by atoms with E-state index in [9.17, 15) is 13.6 Å². The number of likely N-dealkylation sites (tertiary alicyclic amines) is 1. The first-order valence-electron chi connectivity index (χ1n) is 10.4. The molecule has 0 aliphatic carbocycles. The highest BCUT2D eigenvalue weighted by atomic mass is 19.2. The highest BCUT2D eigenvalue weighted by Gasteiger charge is 2.34. The van der Waals surface area contributed by atoms with Gasteiger partial charge < -0.3 is 9.32 Å². The lowest BCUT2D eigenvalue weighted by molar-refractivity contribution is 0.0597. The van der Waals surface area contributed by atoms with Crippen LogP contribution in [0.25, 0.3) is 16.8 Å². The largest absolute Gasteiger partial charge is 0.440 e. The van der Waals surface area contributed by atoms with Gasteiger partial charge >= 0.3 is 0 Å². The Hall–Kier alpha value is -3.62. The van der Waals surface area contributed by atoms with Gasteiger partial charge in [-0.3, -0.25) is 4.79 Å². The van der Waals surface area contributed by atoms with Crippen LogP contribution in [-0.2, 0) is 0 Å². The Bertz CT molecular complexity index is 1260. The van der Waals surface area contributed by atoms with Gasteiger partial charge in [0.1, 0.15) is 5.52 Å². The second-order valence-electron chi connectivity index (χ2n) is 8.21. The maximum atomic E-state index is 13.6. The Morgan fingerprint density at radius 1 is 1.09 bits per heavy atom. The summed E-state index contributed by atoms with van der Waals surface area (Å²) in [5, 5.41) is 8.35. The number of halogens is 2. The van der Waals surface area contributed by atoms with Gasteiger partial charge in [-0.1, -0.05) is 11.6 Å². The Kier molecular flexibility index (Phi) is 4.96. The second-order valence-corrected chi connectivity index (χ2v) is 8.21. The summed E-state index contributed by atoms with van der Waals surface area (Å²) < 4.78 is 32.9. The van der Waals surface area contributed by atoms with Crippen LogP contribution < -0.4 is 0 Å². The summed E-state index contributed by atoms with van der Waals surface area (Å²) in [6.45, 7) is 4.32. The maximum absolute atomic E-state index is 13.6. The van der Waals surface area contributed by atoms with Crippen LogP contribution in [0.2, 0.25) is 0 Å². The number of piperidine rings is 1. The minimum atomic E-state index is -0.978. The highest BCUT2D eigenvalue weighted by Crippen LogP contribution is 2.33. The summed E-state index contributed by atoms with van der Waals surface area (Å²) in [4.78, 5) is 21.2. The van der Waals surface area contributed by atoms with Gasteiger partial charge in [0.25, 0.3) is 5.91 Å². The van der Waals surface area contributed by atoms with Gasteiger partial charge in [0, 0.05) is 24.7 Å². The number of nitrogens with zero attached hydrogens (tertiary/aromatic N) is 5. The highest BCUT2D eigenvalue weighted by molar-refractivity contribution is 5.98. The summed E-state index contributed by atoms with van der Waals surface area (Å²) in [5.74, 6) is -1.87. The van der Waals surface area contributed by atoms with E-state index in [1.807, 2.05) is 32.0 Å². The maximum Gasteiger partial charge on any atom is 0.256 e. The molecule has 2 aromatic carbocycles. The fourth-order valence-electron chi connectivity index (χ4n) is 4.20. The van der Waals surface area contributed by atoms with E-state index in [1.165, 1.54) is 4.80 Å². The van der Waals surface area contributed by atoms with Crippen LogP contribution in [0.3, 0.4) is 0 Å². The van der Waals surface area contributed by atoms with Crippen molar-refractivity contribution in [3.8, 4) is 5.69 Å². The lowest BCUT2D eigenvalue weighted by atomic mass is 9.92. The molecule has 0 N–H and O–H groups in total. The molecule has 0 bridgehead atoms. The Morgan fingerprint density at radius 2 is 1.84 bits per heavy atom. The van der Waals surface area contributed by atoms with E-state index in [4.69, 9.17) is 4.42 Å². The number of rotatable bonds is 3. The quantitative estimate of drug-likeness (QED) is 0.475. The van der Waals surface area contributed by atoms with E-state index in [-0.39, 0.29) is 29.0 Å². The van der Waals surface area contributed by atoms with Gasteiger partial charge in [-0.15, -0.1) is 0 Å². The van der Waals surface area contributed by atoms with Crippen LogP contribution in [0.15, 0.2) is 47.1 Å². The molecule has 2 aromatic heterocycles. The lowest BCUT2D eigenvalue weighted by Crippen LogP contribution is -2.45. The minimum absolute atomic E-state index is 0.0111. The zero-order valence-corrected chi connectivity index (χ0v) is 17.6. The molecule has 32 heavy (non-hydrogen) atoms. The van der Waals surface area contributed by atoms with Crippen molar-refractivity contribution in [2.24, 2.45) is 0 Å². The SMILES string of the molecule is Cc1ccc(-n2nccn2)c(C(=O)N2C[C@H](c3nc4cc(F)c(F)cc4o3)CC[C@H]2C)c1. The van der Waals surface area contributed by atoms with Crippen molar-refractivity contribution in [3.63, 3.8) is 0 Å². The zero-order chi connectivity index (χ0) is 22.4. The number of carbonyl (C=O) groups is 1. The Labute approximate surface area is 182 Å². The van der Waals surface area contributed by atoms with Gasteiger partial charge in [0.15, 0.2) is 23.1 Å². The predicted octanol–water partition coefficient (Wildman–Crippen LogP) is 4.40. The number of oxazole rings is 1. The van der Waals surface area contributed by atoms with E-state index in [0.29, 0.717) is 23.7 Å². The molecule has 9 heteroatoms. The van der Waals surface area contributed by atoms with Gasteiger partial charge in [0.2, 0.25) is 0 Å². The van der Waals surface area contributed by atoms with Crippen LogP contribution in [-0.4, -0.2) is 43.4 Å². The molecule has 1 aliphatic rings. The molecular formula is C23H21F2N5O2. The standard InChI is InChI=1S/C23H21F2N5O2/c1-13-3-6-20(30-26-7-8-27-30)16(9-13)23(31)29-12-15(5-4-14(29)2)22-28-19-10-17(24)18(25)11-21(19)32-22/h3,6-11,14-15H,4-5,12H2,1-2H3/t14-,15-/m1/s1. The van der Waals surface area contributed by atoms with Crippen molar-refractivity contribution in [1.29, 1.82) is 0 Å². The van der Waals surface area contributed by atoms with Crippen LogP contribution in [0.4, 0.5) is 8.78 Å². The third kappa shape index (κ3) is 3.53. The smallest absolute Gasteiger partial charge is 0.256 e. The van der Waals surface area contributed by atoms with Crippen molar-refractivity contribution in [1.82, 2.24) is 24.9 Å². The number of carbonyl (C=O) groups excluding carboxylic acids is 1. The number of aryl methyl sites for hydroxylation is 1. The van der Waals surface area contributed by atoms with Crippen molar-refractivity contribution in [2.45, 2.75) is 38.6 Å². The zero-order valence-electron chi connectivity index (χ0n) is 17.6. The second kappa shape index (κ2) is 7.81. The summed E-state index contributed by atoms with van der Waals surface area (Å²) in [6.07, 6.45) is 4.63. The lowest BCUT2D eigenvalue weighted by Gasteiger charge is -2.37. The normalized spacial score (nSPS) is 18.9. The van der Waals surface area contributed by atoms with Crippen molar-refractivity contribution in [3.05, 3.63) is 71.4 Å². The number of hydrogen-bond donors (Lipinski definition) is 0. The van der Waals surface area contributed by atoms with Crippen LogP contribution >= 0.6 is 0 Å². The fourth-order valence-corrected chi connectivity index (χ4v) is 4.20. The molecule has 7 nitrogen and oxygen atoms in total. The third-order valence-corrected chi connectivity index (χ3v) is 5.96. The molecule has 5 rings (SSSR count). The molecule has 1 amide bonds. The van der Waals surface area contributed by atoms with E-state index in [1.54, 1.807) is 17.3 Å². The van der Waals surface area contributed by atoms with Crippen molar-refractivity contribution >= 4 is 17.0 Å². The first-order chi connectivity index (χ1) is 15.4. The molecule has 1 fully saturated rings. The Balaban J connectivity index is 1.47. The van der Waals surface area contributed by atoms with E-state index in [0.717, 1.165) is 30.5 Å².